The summed E-state index contributed by atoms with van der Waals surface area (Å²) in [5, 5.41) is 6.95. The fraction of sp³-hybridized carbons (Fsp3) is 0.0769. The van der Waals surface area contributed by atoms with Crippen LogP contribution in [-0.4, -0.2) is 12.1 Å². The zero-order valence-electron chi connectivity index (χ0n) is 17.0. The Balaban J connectivity index is 1.59. The molecule has 0 aliphatic heterocycles. The molecule has 0 aliphatic rings. The summed E-state index contributed by atoms with van der Waals surface area (Å²) < 4.78 is 6.09. The molecule has 0 spiro atoms. The number of carbonyl (C=O) groups excluding carboxylic acids is 1. The average molecular weight is 429 g/mol. The van der Waals surface area contributed by atoms with Gasteiger partial charge < -0.3 is 4.74 Å². The van der Waals surface area contributed by atoms with Gasteiger partial charge in [-0.2, -0.15) is 5.10 Å². The normalized spacial score (nSPS) is 11.0. The fourth-order valence-corrected chi connectivity index (χ4v) is 3.45. The van der Waals surface area contributed by atoms with Crippen molar-refractivity contribution in [3.63, 3.8) is 0 Å². The highest BCUT2D eigenvalue weighted by molar-refractivity contribution is 6.30. The van der Waals surface area contributed by atoms with Gasteiger partial charge in [0, 0.05) is 16.1 Å². The van der Waals surface area contributed by atoms with Crippen LogP contribution in [0.5, 0.6) is 5.75 Å². The molecule has 0 aliphatic carbocycles. The first kappa shape index (κ1) is 20.6. The minimum atomic E-state index is -0.252. The van der Waals surface area contributed by atoms with E-state index in [0.717, 1.165) is 27.5 Å². The second-order valence-corrected chi connectivity index (χ2v) is 7.56. The van der Waals surface area contributed by atoms with Crippen molar-refractivity contribution in [3.05, 3.63) is 112 Å². The van der Waals surface area contributed by atoms with E-state index in [-0.39, 0.29) is 5.91 Å². The molecule has 0 saturated carbocycles. The molecule has 31 heavy (non-hydrogen) atoms. The summed E-state index contributed by atoms with van der Waals surface area (Å²) >= 11 is 5.96. The zero-order chi connectivity index (χ0) is 21.6. The molecule has 1 amide bonds. The van der Waals surface area contributed by atoms with Gasteiger partial charge in [0.15, 0.2) is 0 Å². The van der Waals surface area contributed by atoms with Gasteiger partial charge in [0.05, 0.1) is 6.21 Å². The summed E-state index contributed by atoms with van der Waals surface area (Å²) in [5.74, 6) is 0.431. The van der Waals surface area contributed by atoms with E-state index in [1.807, 2.05) is 85.8 Å². The van der Waals surface area contributed by atoms with E-state index in [2.05, 4.69) is 10.5 Å². The lowest BCUT2D eigenvalue weighted by atomic mass is 10.0. The Labute approximate surface area is 186 Å². The lowest BCUT2D eigenvalue weighted by Gasteiger charge is -2.12. The van der Waals surface area contributed by atoms with Crippen LogP contribution in [-0.2, 0) is 6.61 Å². The number of halogens is 1. The number of ether oxygens (including phenoxy) is 1. The largest absolute Gasteiger partial charge is 0.488 e. The number of carbonyl (C=O) groups is 1. The summed E-state index contributed by atoms with van der Waals surface area (Å²) in [6, 6.07) is 26.9. The van der Waals surface area contributed by atoms with Crippen LogP contribution in [0, 0.1) is 6.92 Å². The van der Waals surface area contributed by atoms with E-state index in [4.69, 9.17) is 16.3 Å². The fourth-order valence-electron chi connectivity index (χ4n) is 3.32. The molecule has 0 aromatic heterocycles. The van der Waals surface area contributed by atoms with Gasteiger partial charge in [-0.05, 0) is 53.1 Å². The molecule has 0 heterocycles. The predicted octanol–water partition coefficient (Wildman–Crippen LogP) is 6.14. The summed E-state index contributed by atoms with van der Waals surface area (Å²) in [6.45, 7) is 2.29. The number of aryl methyl sites for hydroxylation is 1. The first-order valence-electron chi connectivity index (χ1n) is 9.90. The summed E-state index contributed by atoms with van der Waals surface area (Å²) in [6.07, 6.45) is 1.63. The first-order valence-corrected chi connectivity index (χ1v) is 10.3. The molecule has 1 N–H and O–H groups in total. The van der Waals surface area contributed by atoms with Crippen LogP contribution in [0.15, 0.2) is 90.0 Å². The number of hydrogen-bond donors (Lipinski definition) is 1. The smallest absolute Gasteiger partial charge is 0.271 e. The van der Waals surface area contributed by atoms with Crippen LogP contribution in [0.3, 0.4) is 0 Å². The molecular formula is C26H21ClN2O2. The standard InChI is InChI=1S/C26H21ClN2O2/c1-18-6-2-4-8-22(18)26(30)29-28-16-24-23-9-5-3-7-20(23)12-15-25(24)31-17-19-10-13-21(27)14-11-19/h2-16H,17H2,1H3,(H,29,30)/b28-16+. The number of rotatable bonds is 6. The van der Waals surface area contributed by atoms with Gasteiger partial charge in [-0.3, -0.25) is 4.79 Å². The molecule has 4 aromatic carbocycles. The van der Waals surface area contributed by atoms with Gasteiger partial charge in [0.2, 0.25) is 0 Å². The molecule has 0 atom stereocenters. The Morgan fingerprint density at radius 2 is 1.71 bits per heavy atom. The lowest BCUT2D eigenvalue weighted by Crippen LogP contribution is -2.18. The van der Waals surface area contributed by atoms with E-state index in [1.54, 1.807) is 12.3 Å². The second-order valence-electron chi connectivity index (χ2n) is 7.13. The van der Waals surface area contributed by atoms with E-state index in [0.29, 0.717) is 22.9 Å². The number of nitrogens with one attached hydrogen (secondary N) is 1. The molecule has 154 valence electrons. The molecule has 0 radical (unpaired) electrons. The van der Waals surface area contributed by atoms with E-state index in [9.17, 15) is 4.79 Å². The molecule has 4 rings (SSSR count). The van der Waals surface area contributed by atoms with E-state index < -0.39 is 0 Å². The molecule has 4 aromatic rings. The summed E-state index contributed by atoms with van der Waals surface area (Å²) in [7, 11) is 0. The molecule has 4 nitrogen and oxygen atoms in total. The highest BCUT2D eigenvalue weighted by Crippen LogP contribution is 2.27. The Kier molecular flexibility index (Phi) is 6.29. The number of hydrazone groups is 1. The highest BCUT2D eigenvalue weighted by atomic mass is 35.5. The number of fused-ring (bicyclic) bond motifs is 1. The van der Waals surface area contributed by atoms with Crippen molar-refractivity contribution >= 4 is 34.5 Å². The Morgan fingerprint density at radius 1 is 0.968 bits per heavy atom. The molecule has 5 heteroatoms. The van der Waals surface area contributed by atoms with Crippen LogP contribution in [0.4, 0.5) is 0 Å². The zero-order valence-corrected chi connectivity index (χ0v) is 17.8. The van der Waals surface area contributed by atoms with Crippen LogP contribution in [0.25, 0.3) is 10.8 Å². The topological polar surface area (TPSA) is 50.7 Å². The molecular weight excluding hydrogens is 408 g/mol. The van der Waals surface area contributed by atoms with Crippen LogP contribution < -0.4 is 10.2 Å². The van der Waals surface area contributed by atoms with Crippen molar-refractivity contribution in [2.75, 3.05) is 0 Å². The summed E-state index contributed by atoms with van der Waals surface area (Å²) in [4.78, 5) is 12.5. The third kappa shape index (κ3) is 4.93. The van der Waals surface area contributed by atoms with Crippen LogP contribution >= 0.6 is 11.6 Å². The van der Waals surface area contributed by atoms with Crippen LogP contribution in [0.1, 0.15) is 27.0 Å². The number of hydrogen-bond acceptors (Lipinski definition) is 3. The van der Waals surface area contributed by atoms with Gasteiger partial charge in [-0.15, -0.1) is 0 Å². The molecule has 0 fully saturated rings. The SMILES string of the molecule is Cc1ccccc1C(=O)N/N=C/c1c(OCc2ccc(Cl)cc2)ccc2ccccc12. The Bertz CT molecular complexity index is 1250. The van der Waals surface area contributed by atoms with Gasteiger partial charge in [-0.25, -0.2) is 5.43 Å². The molecule has 0 saturated heterocycles. The molecule has 0 bridgehead atoms. The van der Waals surface area contributed by atoms with Crippen molar-refractivity contribution in [3.8, 4) is 5.75 Å². The Morgan fingerprint density at radius 3 is 2.52 bits per heavy atom. The maximum atomic E-state index is 12.5. The van der Waals surface area contributed by atoms with E-state index >= 15 is 0 Å². The minimum Gasteiger partial charge on any atom is -0.488 e. The van der Waals surface area contributed by atoms with Crippen LogP contribution in [0.2, 0.25) is 5.02 Å². The van der Waals surface area contributed by atoms with Gasteiger partial charge in [0.25, 0.3) is 5.91 Å². The lowest BCUT2D eigenvalue weighted by molar-refractivity contribution is 0.0954. The van der Waals surface area contributed by atoms with Gasteiger partial charge >= 0.3 is 0 Å². The highest BCUT2D eigenvalue weighted by Gasteiger charge is 2.09. The van der Waals surface area contributed by atoms with Crippen molar-refractivity contribution in [1.82, 2.24) is 5.43 Å². The number of benzene rings is 4. The first-order chi connectivity index (χ1) is 15.1. The quantitative estimate of drug-likeness (QED) is 0.296. The summed E-state index contributed by atoms with van der Waals surface area (Å²) in [5.41, 5.74) is 5.92. The number of nitrogens with zero attached hydrogens (tertiary/aromatic N) is 1. The molecule has 0 unspecified atom stereocenters. The van der Waals surface area contributed by atoms with E-state index in [1.165, 1.54) is 0 Å². The maximum absolute atomic E-state index is 12.5. The third-order valence-corrected chi connectivity index (χ3v) is 5.24. The predicted molar refractivity (Wildman–Crippen MR) is 126 cm³/mol. The monoisotopic (exact) mass is 428 g/mol. The average Bonchev–Trinajstić information content (AvgIpc) is 2.79. The van der Waals surface area contributed by atoms with Crippen molar-refractivity contribution < 1.29 is 9.53 Å². The number of amides is 1. The van der Waals surface area contributed by atoms with Crippen molar-refractivity contribution in [2.45, 2.75) is 13.5 Å². The van der Waals surface area contributed by atoms with Gasteiger partial charge in [0.1, 0.15) is 12.4 Å². The second kappa shape index (κ2) is 9.45. The third-order valence-electron chi connectivity index (χ3n) is 4.99. The van der Waals surface area contributed by atoms with Crippen molar-refractivity contribution in [1.29, 1.82) is 0 Å². The minimum absolute atomic E-state index is 0.252. The maximum Gasteiger partial charge on any atom is 0.271 e. The Hall–Kier alpha value is -3.63. The van der Waals surface area contributed by atoms with Gasteiger partial charge in [-0.1, -0.05) is 72.3 Å². The van der Waals surface area contributed by atoms with Crippen molar-refractivity contribution in [2.24, 2.45) is 5.10 Å².